The maximum absolute atomic E-state index is 11.9. The lowest BCUT2D eigenvalue weighted by molar-refractivity contribution is 0.249. The molecule has 1 N–H and O–H groups in total. The van der Waals surface area contributed by atoms with Crippen molar-refractivity contribution >= 4 is 9.84 Å². The number of sulfone groups is 1. The van der Waals surface area contributed by atoms with Crippen LogP contribution in [0.15, 0.2) is 24.3 Å². The van der Waals surface area contributed by atoms with E-state index in [2.05, 4.69) is 36.5 Å². The van der Waals surface area contributed by atoms with Crippen LogP contribution in [0.3, 0.4) is 0 Å². The molecule has 2 aliphatic carbocycles. The molecule has 0 radical (unpaired) electrons. The zero-order valence-electron chi connectivity index (χ0n) is 12.9. The summed E-state index contributed by atoms with van der Waals surface area (Å²) in [5.41, 5.74) is 2.72. The zero-order chi connectivity index (χ0) is 15.1. The number of hydrogen-bond donors (Lipinski definition) is 1. The first-order valence-corrected chi connectivity index (χ1v) is 9.78. The molecule has 116 valence electrons. The lowest BCUT2D eigenvalue weighted by Crippen LogP contribution is -2.55. The molecule has 2 fully saturated rings. The molecule has 1 aromatic rings. The first kappa shape index (κ1) is 15.0. The summed E-state index contributed by atoms with van der Waals surface area (Å²) in [6.45, 7) is 2.75. The molecule has 4 heteroatoms. The van der Waals surface area contributed by atoms with Gasteiger partial charge in [0.05, 0.1) is 4.75 Å². The van der Waals surface area contributed by atoms with Crippen LogP contribution in [0.4, 0.5) is 0 Å². The van der Waals surface area contributed by atoms with E-state index in [9.17, 15) is 8.42 Å². The van der Waals surface area contributed by atoms with Gasteiger partial charge in [-0.05, 0) is 44.1 Å². The Labute approximate surface area is 128 Å². The van der Waals surface area contributed by atoms with E-state index in [1.54, 1.807) is 0 Å². The van der Waals surface area contributed by atoms with Gasteiger partial charge in [0.1, 0.15) is 0 Å². The summed E-state index contributed by atoms with van der Waals surface area (Å²) >= 11 is 0. The minimum absolute atomic E-state index is 0.470. The molecule has 0 atom stereocenters. The Hall–Kier alpha value is -0.870. The molecule has 0 heterocycles. The van der Waals surface area contributed by atoms with E-state index in [4.69, 9.17) is 0 Å². The summed E-state index contributed by atoms with van der Waals surface area (Å²) in [5.74, 6) is 0.638. The van der Waals surface area contributed by atoms with Gasteiger partial charge in [-0.2, -0.15) is 0 Å². The van der Waals surface area contributed by atoms with Crippen LogP contribution in [0.25, 0.3) is 0 Å². The average Bonchev–Trinajstić information content (AvgIpc) is 2.30. The van der Waals surface area contributed by atoms with Crippen LogP contribution in [0.1, 0.15) is 49.1 Å². The second-order valence-electron chi connectivity index (χ2n) is 6.97. The molecule has 0 saturated heterocycles. The minimum atomic E-state index is -2.94. The molecule has 0 bridgehead atoms. The smallest absolute Gasteiger partial charge is 0.154 e. The summed E-state index contributed by atoms with van der Waals surface area (Å²) in [6, 6.07) is 9.27. The van der Waals surface area contributed by atoms with Crippen molar-refractivity contribution in [3.8, 4) is 0 Å². The average molecular weight is 307 g/mol. The summed E-state index contributed by atoms with van der Waals surface area (Å²) in [4.78, 5) is 0. The summed E-state index contributed by atoms with van der Waals surface area (Å²) < 4.78 is 23.4. The van der Waals surface area contributed by atoms with Crippen molar-refractivity contribution in [2.45, 2.75) is 55.7 Å². The second kappa shape index (κ2) is 5.40. The fourth-order valence-electron chi connectivity index (χ4n) is 3.48. The van der Waals surface area contributed by atoms with Crippen LogP contribution >= 0.6 is 0 Å². The van der Waals surface area contributed by atoms with Crippen LogP contribution in [-0.4, -0.2) is 32.0 Å². The second-order valence-corrected chi connectivity index (χ2v) is 9.38. The van der Waals surface area contributed by atoms with Crippen molar-refractivity contribution in [1.29, 1.82) is 0 Å². The lowest BCUT2D eigenvalue weighted by atomic mass is 9.75. The molecule has 2 aliphatic rings. The highest BCUT2D eigenvalue weighted by Gasteiger charge is 2.46. The number of rotatable bonds is 5. The fourth-order valence-corrected chi connectivity index (χ4v) is 4.85. The highest BCUT2D eigenvalue weighted by molar-refractivity contribution is 7.92. The largest absolute Gasteiger partial charge is 0.312 e. The van der Waals surface area contributed by atoms with E-state index in [0.29, 0.717) is 18.5 Å². The summed E-state index contributed by atoms with van der Waals surface area (Å²) in [5, 5.41) is 3.50. The van der Waals surface area contributed by atoms with E-state index in [1.165, 1.54) is 17.4 Å². The lowest BCUT2D eigenvalue weighted by Gasteiger charge is -2.44. The molecule has 0 spiro atoms. The molecule has 0 amide bonds. The Morgan fingerprint density at radius 3 is 2.29 bits per heavy atom. The van der Waals surface area contributed by atoms with Crippen LogP contribution in [0.5, 0.6) is 0 Å². The quantitative estimate of drug-likeness (QED) is 0.910. The summed E-state index contributed by atoms with van der Waals surface area (Å²) in [6.07, 6.45) is 6.35. The van der Waals surface area contributed by atoms with E-state index >= 15 is 0 Å². The predicted molar refractivity (Wildman–Crippen MR) is 86.4 cm³/mol. The maximum atomic E-state index is 11.9. The Kier molecular flexibility index (Phi) is 3.87. The monoisotopic (exact) mass is 307 g/mol. The van der Waals surface area contributed by atoms with Gasteiger partial charge in [-0.1, -0.05) is 36.2 Å². The van der Waals surface area contributed by atoms with Crippen molar-refractivity contribution in [1.82, 2.24) is 5.32 Å². The van der Waals surface area contributed by atoms with E-state index in [1.807, 2.05) is 0 Å². The normalized spacial score (nSPS) is 27.7. The van der Waals surface area contributed by atoms with Gasteiger partial charge in [0, 0.05) is 18.8 Å². The Morgan fingerprint density at radius 1 is 1.19 bits per heavy atom. The van der Waals surface area contributed by atoms with Crippen molar-refractivity contribution in [2.24, 2.45) is 0 Å². The van der Waals surface area contributed by atoms with E-state index in [-0.39, 0.29) is 0 Å². The molecule has 0 aromatic heterocycles. The first-order chi connectivity index (χ1) is 9.90. The highest BCUT2D eigenvalue weighted by atomic mass is 32.2. The molecule has 0 aliphatic heterocycles. The van der Waals surface area contributed by atoms with Gasteiger partial charge in [-0.15, -0.1) is 0 Å². The van der Waals surface area contributed by atoms with Gasteiger partial charge in [0.15, 0.2) is 9.84 Å². The van der Waals surface area contributed by atoms with Crippen molar-refractivity contribution in [3.05, 3.63) is 35.4 Å². The molecule has 2 saturated carbocycles. The summed E-state index contributed by atoms with van der Waals surface area (Å²) in [7, 11) is -2.94. The number of nitrogens with one attached hydrogen (secondary N) is 1. The van der Waals surface area contributed by atoms with Crippen LogP contribution in [-0.2, 0) is 9.84 Å². The maximum Gasteiger partial charge on any atom is 0.154 e. The third-order valence-corrected chi connectivity index (χ3v) is 7.58. The third-order valence-electron chi connectivity index (χ3n) is 5.45. The highest BCUT2D eigenvalue weighted by Crippen LogP contribution is 2.41. The Balaban J connectivity index is 1.50. The van der Waals surface area contributed by atoms with Crippen LogP contribution in [0, 0.1) is 6.92 Å². The van der Waals surface area contributed by atoms with Crippen molar-refractivity contribution in [2.75, 3.05) is 12.8 Å². The van der Waals surface area contributed by atoms with Gasteiger partial charge in [0.25, 0.3) is 0 Å². The topological polar surface area (TPSA) is 46.2 Å². The van der Waals surface area contributed by atoms with E-state index < -0.39 is 14.6 Å². The predicted octanol–water partition coefficient (Wildman–Crippen LogP) is 2.80. The van der Waals surface area contributed by atoms with Gasteiger partial charge in [0.2, 0.25) is 0 Å². The van der Waals surface area contributed by atoms with Gasteiger partial charge < -0.3 is 5.32 Å². The zero-order valence-corrected chi connectivity index (χ0v) is 13.7. The fraction of sp³-hybridized carbons (Fsp3) is 0.647. The van der Waals surface area contributed by atoms with Gasteiger partial charge in [-0.25, -0.2) is 8.42 Å². The minimum Gasteiger partial charge on any atom is -0.312 e. The van der Waals surface area contributed by atoms with Crippen molar-refractivity contribution < 1.29 is 8.42 Å². The van der Waals surface area contributed by atoms with Crippen LogP contribution in [0.2, 0.25) is 0 Å². The molecular formula is C17H25NO2S. The van der Waals surface area contributed by atoms with E-state index in [0.717, 1.165) is 32.1 Å². The molecule has 3 rings (SSSR count). The van der Waals surface area contributed by atoms with Crippen LogP contribution < -0.4 is 5.32 Å². The van der Waals surface area contributed by atoms with Gasteiger partial charge in [-0.3, -0.25) is 0 Å². The standard InChI is InChI=1S/C17H25NO2S/c1-13-4-6-14(7-5-13)15-10-16(11-15)18-12-17(8-3-9-17)21(2,19)20/h4-7,15-16,18H,3,8-12H2,1-2H3. The van der Waals surface area contributed by atoms with Gasteiger partial charge >= 0.3 is 0 Å². The first-order valence-electron chi connectivity index (χ1n) is 7.89. The molecule has 3 nitrogen and oxygen atoms in total. The SMILES string of the molecule is Cc1ccc(C2CC(NCC3(S(C)(=O)=O)CCC3)C2)cc1. The Bertz CT molecular complexity index is 596. The Morgan fingerprint density at radius 2 is 1.81 bits per heavy atom. The molecule has 0 unspecified atom stereocenters. The third kappa shape index (κ3) is 2.88. The number of aryl methyl sites for hydroxylation is 1. The number of benzene rings is 1. The molecule has 1 aromatic carbocycles. The molecule has 21 heavy (non-hydrogen) atoms. The van der Waals surface area contributed by atoms with Crippen molar-refractivity contribution in [3.63, 3.8) is 0 Å². The number of hydrogen-bond acceptors (Lipinski definition) is 3. The molecular weight excluding hydrogens is 282 g/mol.